The predicted octanol–water partition coefficient (Wildman–Crippen LogP) is 5.08. The molecule has 1 N–H and O–H groups in total. The Bertz CT molecular complexity index is 970. The number of amides is 1. The third-order valence-electron chi connectivity index (χ3n) is 4.21. The molecular weight excluding hydrogens is 424 g/mol. The molecule has 5 nitrogen and oxygen atoms in total. The number of anilines is 1. The van der Waals surface area contributed by atoms with Crippen LogP contribution in [0.25, 0.3) is 11.4 Å². The highest BCUT2D eigenvalue weighted by atomic mass is 79.9. The topological polar surface area (TPSA) is 59.8 Å². The summed E-state index contributed by atoms with van der Waals surface area (Å²) in [5.41, 5.74) is 4.05. The van der Waals surface area contributed by atoms with E-state index in [4.69, 9.17) is 0 Å². The minimum atomic E-state index is -0.0616. The molecule has 3 aromatic rings. The average molecular weight is 445 g/mol. The lowest BCUT2D eigenvalue weighted by molar-refractivity contribution is -0.113. The summed E-state index contributed by atoms with van der Waals surface area (Å²) in [7, 11) is 0. The van der Waals surface area contributed by atoms with Crippen LogP contribution in [0.15, 0.2) is 52.1 Å². The Balaban J connectivity index is 1.71. The summed E-state index contributed by atoms with van der Waals surface area (Å²) in [6.07, 6.45) is 0. The fraction of sp³-hybridized carbons (Fsp3) is 0.250. The van der Waals surface area contributed by atoms with E-state index in [0.717, 1.165) is 44.4 Å². The largest absolute Gasteiger partial charge is 0.325 e. The number of hydrogen-bond donors (Lipinski definition) is 1. The van der Waals surface area contributed by atoms with Crippen LogP contribution in [-0.2, 0) is 11.3 Å². The molecule has 0 spiro atoms. The van der Waals surface area contributed by atoms with E-state index in [-0.39, 0.29) is 11.7 Å². The highest BCUT2D eigenvalue weighted by Gasteiger charge is 2.16. The zero-order chi connectivity index (χ0) is 19.4. The van der Waals surface area contributed by atoms with E-state index in [0.29, 0.717) is 0 Å². The lowest BCUT2D eigenvalue weighted by Gasteiger charge is -2.10. The first-order chi connectivity index (χ1) is 13.0. The summed E-state index contributed by atoms with van der Waals surface area (Å²) in [5, 5.41) is 12.4. The normalized spacial score (nSPS) is 10.8. The fourth-order valence-corrected chi connectivity index (χ4v) is 4.07. The Morgan fingerprint density at radius 1 is 1.15 bits per heavy atom. The Kier molecular flexibility index (Phi) is 6.34. The molecule has 0 radical (unpaired) electrons. The third kappa shape index (κ3) is 4.59. The van der Waals surface area contributed by atoms with Crippen LogP contribution in [0.4, 0.5) is 5.69 Å². The maximum atomic E-state index is 12.4. The lowest BCUT2D eigenvalue weighted by atomic mass is 10.1. The maximum Gasteiger partial charge on any atom is 0.234 e. The van der Waals surface area contributed by atoms with Crippen molar-refractivity contribution in [1.29, 1.82) is 0 Å². The second-order valence-corrected chi connectivity index (χ2v) is 8.02. The molecule has 0 bridgehead atoms. The lowest BCUT2D eigenvalue weighted by Crippen LogP contribution is -2.15. The molecule has 0 saturated heterocycles. The summed E-state index contributed by atoms with van der Waals surface area (Å²) in [5.74, 6) is 1.05. The maximum absolute atomic E-state index is 12.4. The van der Waals surface area contributed by atoms with Gasteiger partial charge in [-0.15, -0.1) is 10.2 Å². The minimum absolute atomic E-state index is 0.0616. The molecule has 27 heavy (non-hydrogen) atoms. The van der Waals surface area contributed by atoms with Gasteiger partial charge in [-0.1, -0.05) is 52.0 Å². The number of benzene rings is 2. The van der Waals surface area contributed by atoms with Crippen molar-refractivity contribution >= 4 is 39.3 Å². The van der Waals surface area contributed by atoms with Crippen LogP contribution in [0.1, 0.15) is 18.1 Å². The molecular formula is C20H21BrN4OS. The zero-order valence-electron chi connectivity index (χ0n) is 15.5. The van der Waals surface area contributed by atoms with E-state index in [2.05, 4.69) is 51.4 Å². The van der Waals surface area contributed by atoms with Gasteiger partial charge in [-0.25, -0.2) is 0 Å². The molecule has 0 aliphatic heterocycles. The molecule has 0 aliphatic carbocycles. The Hall–Kier alpha value is -2.12. The molecule has 0 unspecified atom stereocenters. The molecule has 0 atom stereocenters. The minimum Gasteiger partial charge on any atom is -0.325 e. The van der Waals surface area contributed by atoms with Gasteiger partial charge in [0.1, 0.15) is 0 Å². The van der Waals surface area contributed by atoms with Gasteiger partial charge in [0.25, 0.3) is 0 Å². The van der Waals surface area contributed by atoms with Gasteiger partial charge < -0.3 is 9.88 Å². The zero-order valence-corrected chi connectivity index (χ0v) is 17.9. The van der Waals surface area contributed by atoms with Crippen molar-refractivity contribution in [1.82, 2.24) is 14.8 Å². The fourth-order valence-electron chi connectivity index (χ4n) is 2.79. The van der Waals surface area contributed by atoms with E-state index in [1.165, 1.54) is 11.8 Å². The Labute approximate surface area is 171 Å². The molecule has 0 saturated carbocycles. The van der Waals surface area contributed by atoms with E-state index < -0.39 is 0 Å². The highest BCUT2D eigenvalue weighted by Crippen LogP contribution is 2.26. The second kappa shape index (κ2) is 8.71. The summed E-state index contributed by atoms with van der Waals surface area (Å²) in [6.45, 7) is 6.83. The first-order valence-corrected chi connectivity index (χ1v) is 10.5. The van der Waals surface area contributed by atoms with Crippen LogP contribution in [0.5, 0.6) is 0 Å². The summed E-state index contributed by atoms with van der Waals surface area (Å²) in [6, 6.07) is 13.9. The van der Waals surface area contributed by atoms with Crippen molar-refractivity contribution in [3.05, 3.63) is 58.1 Å². The highest BCUT2D eigenvalue weighted by molar-refractivity contribution is 9.10. The van der Waals surface area contributed by atoms with Crippen molar-refractivity contribution in [2.45, 2.75) is 32.5 Å². The van der Waals surface area contributed by atoms with Crippen LogP contribution in [-0.4, -0.2) is 26.4 Å². The van der Waals surface area contributed by atoms with E-state index in [1.807, 2.05) is 47.9 Å². The van der Waals surface area contributed by atoms with Gasteiger partial charge in [-0.2, -0.15) is 0 Å². The van der Waals surface area contributed by atoms with Crippen LogP contribution in [0.2, 0.25) is 0 Å². The van der Waals surface area contributed by atoms with Gasteiger partial charge in [0.2, 0.25) is 5.91 Å². The van der Waals surface area contributed by atoms with E-state index >= 15 is 0 Å². The number of carbonyl (C=O) groups excluding carboxylic acids is 1. The van der Waals surface area contributed by atoms with Gasteiger partial charge >= 0.3 is 0 Å². The van der Waals surface area contributed by atoms with Crippen LogP contribution in [0.3, 0.4) is 0 Å². The third-order valence-corrected chi connectivity index (χ3v) is 5.67. The number of carbonyl (C=O) groups is 1. The van der Waals surface area contributed by atoms with Crippen LogP contribution in [0, 0.1) is 13.8 Å². The molecule has 3 rings (SSSR count). The number of aromatic nitrogens is 3. The molecule has 1 amide bonds. The van der Waals surface area contributed by atoms with Gasteiger partial charge in [-0.05, 0) is 50.1 Å². The number of nitrogens with zero attached hydrogens (tertiary/aromatic N) is 3. The Morgan fingerprint density at radius 2 is 1.93 bits per heavy atom. The number of hydrogen-bond acceptors (Lipinski definition) is 4. The molecule has 2 aromatic carbocycles. The van der Waals surface area contributed by atoms with Crippen molar-refractivity contribution < 1.29 is 4.79 Å². The van der Waals surface area contributed by atoms with Crippen LogP contribution >= 0.6 is 27.7 Å². The molecule has 1 heterocycles. The van der Waals surface area contributed by atoms with Gasteiger partial charge in [0, 0.05) is 22.3 Å². The first-order valence-electron chi connectivity index (χ1n) is 8.67. The van der Waals surface area contributed by atoms with Gasteiger partial charge in [0.05, 0.1) is 5.75 Å². The summed E-state index contributed by atoms with van der Waals surface area (Å²) >= 11 is 4.83. The smallest absolute Gasteiger partial charge is 0.234 e. The molecule has 7 heteroatoms. The van der Waals surface area contributed by atoms with Crippen molar-refractivity contribution in [2.24, 2.45) is 0 Å². The summed E-state index contributed by atoms with van der Waals surface area (Å²) in [4.78, 5) is 12.4. The van der Waals surface area contributed by atoms with E-state index in [9.17, 15) is 4.79 Å². The van der Waals surface area contributed by atoms with E-state index in [1.54, 1.807) is 0 Å². The average Bonchev–Trinajstić information content (AvgIpc) is 3.05. The molecule has 0 fully saturated rings. The van der Waals surface area contributed by atoms with Gasteiger partial charge in [0.15, 0.2) is 11.0 Å². The number of rotatable bonds is 6. The summed E-state index contributed by atoms with van der Waals surface area (Å²) < 4.78 is 3.04. The number of halogens is 1. The quantitative estimate of drug-likeness (QED) is 0.538. The first kappa shape index (κ1) is 19.6. The molecule has 0 aliphatic rings. The Morgan fingerprint density at radius 3 is 2.63 bits per heavy atom. The number of aryl methyl sites for hydroxylation is 2. The monoisotopic (exact) mass is 444 g/mol. The van der Waals surface area contributed by atoms with Crippen molar-refractivity contribution in [3.63, 3.8) is 0 Å². The SMILES string of the molecule is CCn1c(SCC(=O)Nc2ccc(Br)cc2C)nnc1-c1ccccc1C. The van der Waals surface area contributed by atoms with Crippen molar-refractivity contribution in [3.8, 4) is 11.4 Å². The predicted molar refractivity (Wildman–Crippen MR) is 114 cm³/mol. The number of nitrogens with one attached hydrogen (secondary N) is 1. The van der Waals surface area contributed by atoms with Crippen LogP contribution < -0.4 is 5.32 Å². The van der Waals surface area contributed by atoms with Crippen molar-refractivity contribution in [2.75, 3.05) is 11.1 Å². The second-order valence-electron chi connectivity index (χ2n) is 6.16. The molecule has 1 aromatic heterocycles. The van der Waals surface area contributed by atoms with Gasteiger partial charge in [-0.3, -0.25) is 4.79 Å². The molecule has 140 valence electrons. The standard InChI is InChI=1S/C20H21BrN4OS/c1-4-25-19(16-8-6-5-7-13(16)2)23-24-20(25)27-12-18(26)22-17-10-9-15(21)11-14(17)3/h5-11H,4,12H2,1-3H3,(H,22,26). The number of thioether (sulfide) groups is 1.